The summed E-state index contributed by atoms with van der Waals surface area (Å²) in [6.07, 6.45) is 2.72. The first-order valence-electron chi connectivity index (χ1n) is 5.38. The molecule has 2 fully saturated rings. The molecule has 88 valence electrons. The molecule has 15 heavy (non-hydrogen) atoms. The summed E-state index contributed by atoms with van der Waals surface area (Å²) < 4.78 is 24.7. The number of hydrogen-bond donors (Lipinski definition) is 0. The summed E-state index contributed by atoms with van der Waals surface area (Å²) in [5.74, 6) is 0.893. The normalized spacial score (nSPS) is 25.7. The van der Waals surface area contributed by atoms with Gasteiger partial charge in [0.2, 0.25) is 10.0 Å². The Bertz CT molecular complexity index is 308. The van der Waals surface area contributed by atoms with E-state index in [-0.39, 0.29) is 4.66 Å². The Morgan fingerprint density at radius 1 is 1.13 bits per heavy atom. The van der Waals surface area contributed by atoms with Crippen molar-refractivity contribution in [3.63, 3.8) is 0 Å². The van der Waals surface area contributed by atoms with Crippen molar-refractivity contribution in [3.8, 4) is 0 Å². The molecule has 4 nitrogen and oxygen atoms in total. The van der Waals surface area contributed by atoms with Crippen molar-refractivity contribution < 1.29 is 8.42 Å². The number of halogens is 1. The first kappa shape index (κ1) is 11.8. The predicted molar refractivity (Wildman–Crippen MR) is 63.5 cm³/mol. The maximum atomic E-state index is 11.6. The van der Waals surface area contributed by atoms with Gasteiger partial charge in [-0.15, -0.1) is 0 Å². The maximum Gasteiger partial charge on any atom is 0.224 e. The minimum absolute atomic E-state index is 0.0443. The molecule has 1 saturated heterocycles. The molecule has 0 radical (unpaired) electrons. The van der Waals surface area contributed by atoms with E-state index >= 15 is 0 Å². The zero-order valence-corrected chi connectivity index (χ0v) is 11.1. The highest BCUT2D eigenvalue weighted by Gasteiger charge is 2.29. The van der Waals surface area contributed by atoms with Gasteiger partial charge in [0.15, 0.2) is 0 Å². The molecule has 2 rings (SSSR count). The van der Waals surface area contributed by atoms with Gasteiger partial charge in [-0.2, -0.15) is 4.31 Å². The molecule has 6 heteroatoms. The van der Waals surface area contributed by atoms with Gasteiger partial charge in [-0.05, 0) is 18.8 Å². The molecule has 1 saturated carbocycles. The molecule has 1 aliphatic carbocycles. The van der Waals surface area contributed by atoms with E-state index in [0.717, 1.165) is 19.0 Å². The molecular weight excluding hydrogens is 280 g/mol. The average Bonchev–Trinajstić information content (AvgIpc) is 3.03. The first-order chi connectivity index (χ1) is 7.12. The van der Waals surface area contributed by atoms with Gasteiger partial charge >= 0.3 is 0 Å². The van der Waals surface area contributed by atoms with E-state index in [2.05, 4.69) is 20.8 Å². The van der Waals surface area contributed by atoms with E-state index in [1.54, 1.807) is 4.31 Å². The Hall–Kier alpha value is 0.350. The lowest BCUT2D eigenvalue weighted by Crippen LogP contribution is -2.49. The molecule has 0 amide bonds. The van der Waals surface area contributed by atoms with Crippen molar-refractivity contribution in [1.82, 2.24) is 9.21 Å². The van der Waals surface area contributed by atoms with Gasteiger partial charge in [0.25, 0.3) is 0 Å². The summed E-state index contributed by atoms with van der Waals surface area (Å²) in [5, 5.41) is 0. The van der Waals surface area contributed by atoms with Crippen molar-refractivity contribution in [1.29, 1.82) is 0 Å². The van der Waals surface area contributed by atoms with E-state index < -0.39 is 10.0 Å². The Balaban J connectivity index is 1.80. The standard InChI is InChI=1S/C9H17BrN2O2S/c10-8-15(13,14)12-5-3-11(4-6-12)7-9-1-2-9/h9H,1-8H2. The van der Waals surface area contributed by atoms with Crippen LogP contribution in [0.4, 0.5) is 0 Å². The van der Waals surface area contributed by atoms with Crippen LogP contribution in [0.3, 0.4) is 0 Å². The highest BCUT2D eigenvalue weighted by Crippen LogP contribution is 2.30. The van der Waals surface area contributed by atoms with Crippen LogP contribution in [0.1, 0.15) is 12.8 Å². The van der Waals surface area contributed by atoms with Gasteiger partial charge in [0.1, 0.15) is 4.66 Å². The van der Waals surface area contributed by atoms with Crippen LogP contribution in [0.25, 0.3) is 0 Å². The quantitative estimate of drug-likeness (QED) is 0.717. The molecule has 0 aromatic rings. The summed E-state index contributed by atoms with van der Waals surface area (Å²) in [6, 6.07) is 0. The topological polar surface area (TPSA) is 40.6 Å². The van der Waals surface area contributed by atoms with Crippen molar-refractivity contribution in [2.75, 3.05) is 37.4 Å². The second kappa shape index (κ2) is 4.69. The van der Waals surface area contributed by atoms with Crippen LogP contribution in [0, 0.1) is 5.92 Å². The van der Waals surface area contributed by atoms with Crippen molar-refractivity contribution in [3.05, 3.63) is 0 Å². The molecule has 1 heterocycles. The highest BCUT2D eigenvalue weighted by atomic mass is 79.9. The van der Waals surface area contributed by atoms with Gasteiger partial charge in [-0.1, -0.05) is 15.9 Å². The van der Waals surface area contributed by atoms with Gasteiger partial charge in [-0.3, -0.25) is 0 Å². The predicted octanol–water partition coefficient (Wildman–Crippen LogP) is 0.696. The third-order valence-corrected chi connectivity index (χ3v) is 6.24. The van der Waals surface area contributed by atoms with E-state index in [1.807, 2.05) is 0 Å². The van der Waals surface area contributed by atoms with Gasteiger partial charge in [-0.25, -0.2) is 8.42 Å². The first-order valence-corrected chi connectivity index (χ1v) is 8.11. The summed E-state index contributed by atoms with van der Waals surface area (Å²) >= 11 is 3.03. The third-order valence-electron chi connectivity index (χ3n) is 3.08. The van der Waals surface area contributed by atoms with Crippen LogP contribution in [-0.2, 0) is 10.0 Å². The Kier molecular flexibility index (Phi) is 3.70. The molecule has 1 aliphatic heterocycles. The molecule has 0 aromatic carbocycles. The van der Waals surface area contributed by atoms with Crippen molar-refractivity contribution >= 4 is 26.0 Å². The third kappa shape index (κ3) is 3.15. The molecule has 0 spiro atoms. The minimum Gasteiger partial charge on any atom is -0.300 e. The lowest BCUT2D eigenvalue weighted by molar-refractivity contribution is 0.182. The number of rotatable bonds is 4. The number of hydrogen-bond acceptors (Lipinski definition) is 3. The molecular formula is C9H17BrN2O2S. The van der Waals surface area contributed by atoms with Crippen LogP contribution in [0.5, 0.6) is 0 Å². The fraction of sp³-hybridized carbons (Fsp3) is 1.00. The van der Waals surface area contributed by atoms with Gasteiger partial charge in [0, 0.05) is 32.7 Å². The number of alkyl halides is 1. The molecule has 2 aliphatic rings. The Morgan fingerprint density at radius 3 is 2.20 bits per heavy atom. The minimum atomic E-state index is -3.03. The van der Waals surface area contributed by atoms with E-state index in [0.29, 0.717) is 13.1 Å². The molecule has 0 bridgehead atoms. The van der Waals surface area contributed by atoms with Crippen LogP contribution in [0.2, 0.25) is 0 Å². The molecule has 0 atom stereocenters. The van der Waals surface area contributed by atoms with Crippen molar-refractivity contribution in [2.24, 2.45) is 5.92 Å². The maximum absolute atomic E-state index is 11.6. The van der Waals surface area contributed by atoms with Crippen molar-refractivity contribution in [2.45, 2.75) is 12.8 Å². The molecule has 0 unspecified atom stereocenters. The van der Waals surface area contributed by atoms with Crippen LogP contribution >= 0.6 is 15.9 Å². The second-order valence-electron chi connectivity index (χ2n) is 4.36. The summed E-state index contributed by atoms with van der Waals surface area (Å²) in [4.78, 5) is 2.39. The monoisotopic (exact) mass is 296 g/mol. The van der Waals surface area contributed by atoms with Crippen LogP contribution in [-0.4, -0.2) is 55.0 Å². The smallest absolute Gasteiger partial charge is 0.224 e. The lowest BCUT2D eigenvalue weighted by Gasteiger charge is -2.33. The lowest BCUT2D eigenvalue weighted by atomic mass is 10.3. The number of nitrogens with zero attached hydrogens (tertiary/aromatic N) is 2. The van der Waals surface area contributed by atoms with Gasteiger partial charge < -0.3 is 4.90 Å². The molecule has 0 aromatic heterocycles. The second-order valence-corrected chi connectivity index (χ2v) is 7.64. The zero-order chi connectivity index (χ0) is 10.9. The highest BCUT2D eigenvalue weighted by molar-refractivity contribution is 9.10. The summed E-state index contributed by atoms with van der Waals surface area (Å²) in [7, 11) is -3.03. The molecule has 0 N–H and O–H groups in total. The van der Waals surface area contributed by atoms with Gasteiger partial charge in [0.05, 0.1) is 0 Å². The van der Waals surface area contributed by atoms with E-state index in [4.69, 9.17) is 0 Å². The number of sulfonamides is 1. The summed E-state index contributed by atoms with van der Waals surface area (Å²) in [5.41, 5.74) is 0. The van der Waals surface area contributed by atoms with Crippen LogP contribution in [0.15, 0.2) is 0 Å². The van der Waals surface area contributed by atoms with E-state index in [9.17, 15) is 8.42 Å². The average molecular weight is 297 g/mol. The largest absolute Gasteiger partial charge is 0.300 e. The summed E-state index contributed by atoms with van der Waals surface area (Å²) in [6.45, 7) is 4.26. The number of piperazine rings is 1. The van der Waals surface area contributed by atoms with Crippen LogP contribution < -0.4 is 0 Å². The fourth-order valence-electron chi connectivity index (χ4n) is 1.92. The fourth-order valence-corrected chi connectivity index (χ4v) is 3.65. The Labute approximate surface area is 99.8 Å². The zero-order valence-electron chi connectivity index (χ0n) is 8.73. The van der Waals surface area contributed by atoms with E-state index in [1.165, 1.54) is 19.4 Å². The SMILES string of the molecule is O=S(=O)(CBr)N1CCN(CC2CC2)CC1. The Morgan fingerprint density at radius 2 is 1.73 bits per heavy atom.